The van der Waals surface area contributed by atoms with Gasteiger partial charge in [0.15, 0.2) is 0 Å². The van der Waals surface area contributed by atoms with Gasteiger partial charge in [-0.15, -0.1) is 0 Å². The summed E-state index contributed by atoms with van der Waals surface area (Å²) in [5.41, 5.74) is 3.14. The van der Waals surface area contributed by atoms with Gasteiger partial charge in [-0.1, -0.05) is 45.0 Å². The van der Waals surface area contributed by atoms with E-state index in [4.69, 9.17) is 4.98 Å². The average Bonchev–Trinajstić information content (AvgIpc) is 3.69. The number of benzene rings is 1. The smallest absolute Gasteiger partial charge is 0.216 e. The number of rotatable bonds is 8. The predicted molar refractivity (Wildman–Crippen MR) is 156 cm³/mol. The van der Waals surface area contributed by atoms with Crippen molar-refractivity contribution < 1.29 is 13.5 Å². The molecule has 1 aromatic carbocycles. The molecule has 0 spiro atoms. The van der Waals surface area contributed by atoms with Crippen LogP contribution in [0, 0.1) is 5.41 Å². The van der Waals surface area contributed by atoms with E-state index in [9.17, 15) is 13.5 Å². The third kappa shape index (κ3) is 4.70. The summed E-state index contributed by atoms with van der Waals surface area (Å²) in [6.07, 6.45) is 10.6. The van der Waals surface area contributed by atoms with Crippen LogP contribution in [0.1, 0.15) is 80.7 Å². The number of piperidine rings is 1. The minimum Gasteiger partial charge on any atom is -0.380 e. The van der Waals surface area contributed by atoms with Gasteiger partial charge < -0.3 is 14.6 Å². The second kappa shape index (κ2) is 10.0. The van der Waals surface area contributed by atoms with Gasteiger partial charge >= 0.3 is 0 Å². The van der Waals surface area contributed by atoms with Crippen molar-refractivity contribution >= 4 is 10.0 Å². The normalized spacial score (nSPS) is 22.2. The summed E-state index contributed by atoms with van der Waals surface area (Å²) >= 11 is 0. The average molecular weight is 564 g/mol. The molecule has 6 rings (SSSR count). The lowest BCUT2D eigenvalue weighted by atomic mass is 9.62. The Morgan fingerprint density at radius 1 is 1.02 bits per heavy atom. The second-order valence-corrected chi connectivity index (χ2v) is 15.0. The zero-order valence-corrected chi connectivity index (χ0v) is 24.8. The molecule has 1 aliphatic carbocycles. The largest absolute Gasteiger partial charge is 0.380 e. The van der Waals surface area contributed by atoms with Crippen molar-refractivity contribution in [1.82, 2.24) is 23.7 Å². The molecule has 3 aliphatic rings. The van der Waals surface area contributed by atoms with Crippen molar-refractivity contribution in [3.05, 3.63) is 77.6 Å². The van der Waals surface area contributed by atoms with Crippen LogP contribution in [0.25, 0.3) is 5.69 Å². The van der Waals surface area contributed by atoms with Crippen LogP contribution >= 0.6 is 0 Å². The van der Waals surface area contributed by atoms with Crippen LogP contribution in [0.15, 0.2) is 55.2 Å². The van der Waals surface area contributed by atoms with Gasteiger partial charge in [-0.05, 0) is 55.8 Å². The van der Waals surface area contributed by atoms with Crippen molar-refractivity contribution in [3.63, 3.8) is 0 Å². The molecule has 2 aliphatic heterocycles. The molecular formula is C31H41N5O3S. The quantitative estimate of drug-likeness (QED) is 0.441. The molecule has 1 saturated carbocycles. The van der Waals surface area contributed by atoms with Gasteiger partial charge in [-0.2, -0.15) is 0 Å². The van der Waals surface area contributed by atoms with Gasteiger partial charge in [0.25, 0.3) is 0 Å². The fraction of sp³-hybridized carbons (Fsp3) is 0.548. The third-order valence-corrected chi connectivity index (χ3v) is 11.7. The number of hydrogen-bond donors (Lipinski definition) is 1. The highest BCUT2D eigenvalue weighted by atomic mass is 32.2. The Morgan fingerprint density at radius 2 is 1.70 bits per heavy atom. The first kappa shape index (κ1) is 27.6. The molecule has 0 bridgehead atoms. The molecule has 1 atom stereocenters. The number of aliphatic hydroxyl groups is 1. The number of sulfonamides is 1. The summed E-state index contributed by atoms with van der Waals surface area (Å²) in [5, 5.41) is 12.4. The molecule has 2 saturated heterocycles. The number of hydrogen-bond acceptors (Lipinski definition) is 6. The lowest BCUT2D eigenvalue weighted by molar-refractivity contribution is -0.127. The van der Waals surface area contributed by atoms with Gasteiger partial charge in [0.1, 0.15) is 5.60 Å². The maximum absolute atomic E-state index is 12.6. The number of likely N-dealkylation sites (tertiary alicyclic amines) is 1. The molecule has 8 nitrogen and oxygen atoms in total. The Morgan fingerprint density at radius 3 is 2.30 bits per heavy atom. The maximum Gasteiger partial charge on any atom is 0.216 e. The molecule has 4 heterocycles. The Labute approximate surface area is 238 Å². The van der Waals surface area contributed by atoms with E-state index in [1.165, 1.54) is 5.56 Å². The van der Waals surface area contributed by atoms with E-state index in [1.807, 2.05) is 16.8 Å². The monoisotopic (exact) mass is 563 g/mol. The molecule has 0 amide bonds. The van der Waals surface area contributed by atoms with E-state index in [0.717, 1.165) is 61.3 Å². The zero-order valence-electron chi connectivity index (χ0n) is 24.0. The molecule has 0 radical (unpaired) electrons. The number of pyridine rings is 1. The first-order valence-corrected chi connectivity index (χ1v) is 16.0. The van der Waals surface area contributed by atoms with E-state index in [2.05, 4.69) is 62.0 Å². The van der Waals surface area contributed by atoms with Gasteiger partial charge in [-0.25, -0.2) is 17.7 Å². The molecule has 40 heavy (non-hydrogen) atoms. The predicted octanol–water partition coefficient (Wildman–Crippen LogP) is 4.25. The van der Waals surface area contributed by atoms with Crippen LogP contribution < -0.4 is 0 Å². The first-order chi connectivity index (χ1) is 19.0. The van der Waals surface area contributed by atoms with Crippen LogP contribution in [0.2, 0.25) is 0 Å². The molecule has 3 aromatic rings. The summed E-state index contributed by atoms with van der Waals surface area (Å²) in [6, 6.07) is 10.4. The van der Waals surface area contributed by atoms with Crippen LogP contribution in [0.3, 0.4) is 0 Å². The van der Waals surface area contributed by atoms with Crippen molar-refractivity contribution in [2.24, 2.45) is 5.41 Å². The summed E-state index contributed by atoms with van der Waals surface area (Å²) in [5.74, 6) is 0.645. The van der Waals surface area contributed by atoms with Crippen LogP contribution in [0.4, 0.5) is 0 Å². The summed E-state index contributed by atoms with van der Waals surface area (Å²) < 4.78 is 28.9. The number of nitrogens with zero attached hydrogens (tertiary/aromatic N) is 5. The van der Waals surface area contributed by atoms with Gasteiger partial charge in [0.2, 0.25) is 10.0 Å². The van der Waals surface area contributed by atoms with E-state index >= 15 is 0 Å². The molecule has 0 unspecified atom stereocenters. The van der Waals surface area contributed by atoms with Crippen molar-refractivity contribution in [1.29, 1.82) is 0 Å². The van der Waals surface area contributed by atoms with E-state index in [-0.39, 0.29) is 16.6 Å². The molecule has 214 valence electrons. The van der Waals surface area contributed by atoms with E-state index in [1.54, 1.807) is 23.0 Å². The van der Waals surface area contributed by atoms with E-state index < -0.39 is 15.6 Å². The highest BCUT2D eigenvalue weighted by Crippen LogP contribution is 2.50. The zero-order chi connectivity index (χ0) is 28.3. The Bertz CT molecular complexity index is 1470. The highest BCUT2D eigenvalue weighted by Gasteiger charge is 2.55. The Kier molecular flexibility index (Phi) is 6.93. The van der Waals surface area contributed by atoms with Crippen molar-refractivity contribution in [2.45, 2.75) is 69.1 Å². The Balaban J connectivity index is 1.26. The standard InChI is InChI=1S/C31H41N5O3S/c1-22(2)23-5-7-25(8-6-23)31(37,30(3)19-34(4)20-30)26-15-27(17-32-16-26)35-18-29(33-21-35)24-11-13-36(14-12-24)40(38,39)28-9-10-28/h5-8,15-18,21-22,24,28,37H,9-14,19-20H2,1-4H3/t31-/m0/s1. The second-order valence-electron chi connectivity index (χ2n) is 12.8. The highest BCUT2D eigenvalue weighted by molar-refractivity contribution is 7.90. The minimum absolute atomic E-state index is 0.155. The molecular weight excluding hydrogens is 522 g/mol. The fourth-order valence-corrected chi connectivity index (χ4v) is 8.66. The van der Waals surface area contributed by atoms with Crippen LogP contribution in [0.5, 0.6) is 0 Å². The summed E-state index contributed by atoms with van der Waals surface area (Å²) in [6.45, 7) is 9.19. The maximum atomic E-state index is 12.6. The topological polar surface area (TPSA) is 91.6 Å². The lowest BCUT2D eigenvalue weighted by Gasteiger charge is -2.55. The Hall–Kier alpha value is -2.59. The third-order valence-electron chi connectivity index (χ3n) is 9.33. The van der Waals surface area contributed by atoms with Crippen LogP contribution in [-0.4, -0.2) is 75.7 Å². The summed E-state index contributed by atoms with van der Waals surface area (Å²) in [4.78, 5) is 11.5. The van der Waals surface area contributed by atoms with Crippen LogP contribution in [-0.2, 0) is 15.6 Å². The van der Waals surface area contributed by atoms with E-state index in [0.29, 0.717) is 19.0 Å². The fourth-order valence-electron chi connectivity index (χ4n) is 6.79. The molecule has 2 aromatic heterocycles. The van der Waals surface area contributed by atoms with Gasteiger partial charge in [0, 0.05) is 55.5 Å². The molecule has 3 fully saturated rings. The SMILES string of the molecule is CC(C)c1ccc([C@](O)(c2cncc(-n3cnc(C4CCN(S(=O)(=O)C5CC5)CC4)c3)c2)C2(C)CN(C)C2)cc1. The van der Waals surface area contributed by atoms with Crippen molar-refractivity contribution in [2.75, 3.05) is 33.2 Å². The first-order valence-electron chi connectivity index (χ1n) is 14.5. The van der Waals surface area contributed by atoms with Gasteiger partial charge in [0.05, 0.1) is 29.2 Å². The lowest BCUT2D eigenvalue weighted by Crippen LogP contribution is -2.63. The summed E-state index contributed by atoms with van der Waals surface area (Å²) in [7, 11) is -1.04. The van der Waals surface area contributed by atoms with Crippen molar-refractivity contribution in [3.8, 4) is 5.69 Å². The number of imidazole rings is 1. The molecule has 1 N–H and O–H groups in total. The number of aromatic nitrogens is 3. The minimum atomic E-state index is -3.12. The molecule has 9 heteroatoms. The van der Waals surface area contributed by atoms with Gasteiger partial charge in [-0.3, -0.25) is 4.98 Å².